The van der Waals surface area contributed by atoms with Gasteiger partial charge in [-0.05, 0) is 18.2 Å². The van der Waals surface area contributed by atoms with Crippen LogP contribution in [0.2, 0.25) is 0 Å². The van der Waals surface area contributed by atoms with Gasteiger partial charge in [-0.15, -0.1) is 0 Å². The lowest BCUT2D eigenvalue weighted by atomic mass is 10.2. The zero-order valence-electron chi connectivity index (χ0n) is 16.9. The van der Waals surface area contributed by atoms with Crippen molar-refractivity contribution < 1.29 is 19.1 Å². The topological polar surface area (TPSA) is 73.7 Å². The monoisotopic (exact) mass is 395 g/mol. The Morgan fingerprint density at radius 2 is 1.83 bits per heavy atom. The van der Waals surface area contributed by atoms with Gasteiger partial charge in [0.2, 0.25) is 0 Å². The molecule has 0 N–H and O–H groups in total. The summed E-state index contributed by atoms with van der Waals surface area (Å²) >= 11 is 0. The van der Waals surface area contributed by atoms with Crippen LogP contribution in [0.1, 0.15) is 18.3 Å². The second kappa shape index (κ2) is 9.23. The molecule has 152 valence electrons. The smallest absolute Gasteiger partial charge is 0.326 e. The molecule has 0 saturated carbocycles. The molecule has 0 aliphatic heterocycles. The normalized spacial score (nSPS) is 10.7. The summed E-state index contributed by atoms with van der Waals surface area (Å²) in [4.78, 5) is 30.8. The molecule has 0 atom stereocenters. The van der Waals surface area contributed by atoms with Crippen LogP contribution in [-0.2, 0) is 33.8 Å². The van der Waals surface area contributed by atoms with Crippen LogP contribution in [0.4, 0.5) is 0 Å². The number of ether oxygens (including phenoxy) is 2. The van der Waals surface area contributed by atoms with Crippen LogP contribution in [0.25, 0.3) is 11.0 Å². The SMILES string of the molecule is CCc1nc2ccccc2n1CC(=O)OCC(=O)N(C)Cc1ccccc1OC. The van der Waals surface area contributed by atoms with Gasteiger partial charge in [0.1, 0.15) is 18.1 Å². The molecule has 0 saturated heterocycles. The molecule has 0 fully saturated rings. The van der Waals surface area contributed by atoms with Gasteiger partial charge >= 0.3 is 5.97 Å². The lowest BCUT2D eigenvalue weighted by Gasteiger charge is -2.19. The number of likely N-dealkylation sites (N-methyl/N-ethyl adjacent to an activating group) is 1. The zero-order valence-corrected chi connectivity index (χ0v) is 16.9. The van der Waals surface area contributed by atoms with E-state index in [4.69, 9.17) is 9.47 Å². The fraction of sp³-hybridized carbons (Fsp3) is 0.318. The lowest BCUT2D eigenvalue weighted by molar-refractivity contribution is -0.152. The van der Waals surface area contributed by atoms with Crippen LogP contribution in [-0.4, -0.2) is 47.1 Å². The van der Waals surface area contributed by atoms with Crippen molar-refractivity contribution >= 4 is 22.9 Å². The number of carbonyl (C=O) groups is 2. The van der Waals surface area contributed by atoms with Gasteiger partial charge in [-0.2, -0.15) is 0 Å². The van der Waals surface area contributed by atoms with Crippen molar-refractivity contribution in [3.63, 3.8) is 0 Å². The number of benzene rings is 2. The van der Waals surface area contributed by atoms with Crippen LogP contribution in [0.5, 0.6) is 5.75 Å². The maximum atomic E-state index is 12.4. The summed E-state index contributed by atoms with van der Waals surface area (Å²) in [6.45, 7) is 2.07. The van der Waals surface area contributed by atoms with Crippen molar-refractivity contribution in [1.29, 1.82) is 0 Å². The van der Waals surface area contributed by atoms with Gasteiger partial charge in [0, 0.05) is 25.6 Å². The Labute approximate surface area is 169 Å². The highest BCUT2D eigenvalue weighted by Gasteiger charge is 2.17. The van der Waals surface area contributed by atoms with Crippen LogP contribution in [0, 0.1) is 0 Å². The van der Waals surface area contributed by atoms with Gasteiger partial charge in [0.15, 0.2) is 6.61 Å². The number of aromatic nitrogens is 2. The van der Waals surface area contributed by atoms with E-state index >= 15 is 0 Å². The molecule has 7 heteroatoms. The van der Waals surface area contributed by atoms with Gasteiger partial charge in [0.25, 0.3) is 5.91 Å². The average Bonchev–Trinajstić information content (AvgIpc) is 3.09. The molecule has 0 aliphatic rings. The molecular formula is C22H25N3O4. The van der Waals surface area contributed by atoms with Crippen LogP contribution in [0.3, 0.4) is 0 Å². The van der Waals surface area contributed by atoms with E-state index in [9.17, 15) is 9.59 Å². The Balaban J connectivity index is 1.58. The first-order valence-electron chi connectivity index (χ1n) is 9.49. The van der Waals surface area contributed by atoms with E-state index in [1.165, 1.54) is 4.90 Å². The molecule has 2 aromatic carbocycles. The molecule has 0 aliphatic carbocycles. The van der Waals surface area contributed by atoms with Gasteiger partial charge in [-0.1, -0.05) is 37.3 Å². The molecule has 0 bridgehead atoms. The summed E-state index contributed by atoms with van der Waals surface area (Å²) in [5.74, 6) is 0.767. The van der Waals surface area contributed by atoms with E-state index in [2.05, 4.69) is 4.98 Å². The first kappa shape index (κ1) is 20.4. The number of methoxy groups -OCH3 is 1. The van der Waals surface area contributed by atoms with E-state index in [1.807, 2.05) is 60.0 Å². The summed E-state index contributed by atoms with van der Waals surface area (Å²) in [5, 5.41) is 0. The summed E-state index contributed by atoms with van der Waals surface area (Å²) in [5.41, 5.74) is 2.60. The third-order valence-corrected chi connectivity index (χ3v) is 4.72. The second-order valence-electron chi connectivity index (χ2n) is 6.68. The van der Waals surface area contributed by atoms with E-state index in [-0.39, 0.29) is 19.1 Å². The minimum atomic E-state index is -0.470. The predicted molar refractivity (Wildman–Crippen MR) is 110 cm³/mol. The van der Waals surface area contributed by atoms with Crippen molar-refractivity contribution in [2.24, 2.45) is 0 Å². The highest BCUT2D eigenvalue weighted by Crippen LogP contribution is 2.19. The second-order valence-corrected chi connectivity index (χ2v) is 6.68. The maximum Gasteiger partial charge on any atom is 0.326 e. The zero-order chi connectivity index (χ0) is 20.8. The van der Waals surface area contributed by atoms with Gasteiger partial charge in [0.05, 0.1) is 18.1 Å². The molecule has 1 amide bonds. The molecule has 1 aromatic heterocycles. The van der Waals surface area contributed by atoms with Crippen molar-refractivity contribution in [3.8, 4) is 5.75 Å². The Morgan fingerprint density at radius 1 is 1.10 bits per heavy atom. The van der Waals surface area contributed by atoms with Crippen molar-refractivity contribution in [1.82, 2.24) is 14.5 Å². The lowest BCUT2D eigenvalue weighted by Crippen LogP contribution is -2.31. The number of aryl methyl sites for hydroxylation is 1. The van der Waals surface area contributed by atoms with Crippen molar-refractivity contribution in [2.45, 2.75) is 26.4 Å². The summed E-state index contributed by atoms with van der Waals surface area (Å²) in [6.07, 6.45) is 0.697. The Bertz CT molecular complexity index is 1010. The first-order valence-corrected chi connectivity index (χ1v) is 9.49. The summed E-state index contributed by atoms with van der Waals surface area (Å²) in [6, 6.07) is 15.1. The first-order chi connectivity index (χ1) is 14.0. The number of hydrogen-bond donors (Lipinski definition) is 0. The van der Waals surface area contributed by atoms with Crippen LogP contribution < -0.4 is 4.74 Å². The Morgan fingerprint density at radius 3 is 2.59 bits per heavy atom. The van der Waals surface area contributed by atoms with Gasteiger partial charge in [-0.3, -0.25) is 9.59 Å². The molecule has 3 rings (SSSR count). The third kappa shape index (κ3) is 4.74. The van der Waals surface area contributed by atoms with E-state index in [0.29, 0.717) is 18.7 Å². The molecule has 0 radical (unpaired) electrons. The van der Waals surface area contributed by atoms with Crippen LogP contribution >= 0.6 is 0 Å². The van der Waals surface area contributed by atoms with E-state index in [0.717, 1.165) is 22.4 Å². The van der Waals surface area contributed by atoms with E-state index in [1.54, 1.807) is 14.2 Å². The molecule has 0 spiro atoms. The highest BCUT2D eigenvalue weighted by atomic mass is 16.5. The van der Waals surface area contributed by atoms with Crippen molar-refractivity contribution in [3.05, 3.63) is 59.9 Å². The number of fused-ring (bicyclic) bond motifs is 1. The van der Waals surface area contributed by atoms with Gasteiger partial charge in [-0.25, -0.2) is 4.98 Å². The molecule has 1 heterocycles. The third-order valence-electron chi connectivity index (χ3n) is 4.72. The van der Waals surface area contributed by atoms with Crippen LogP contribution in [0.15, 0.2) is 48.5 Å². The Hall–Kier alpha value is -3.35. The standard InChI is InChI=1S/C22H25N3O4/c1-4-20-23-17-10-6-7-11-18(17)25(20)14-22(27)29-15-21(26)24(2)13-16-9-5-8-12-19(16)28-3/h5-12H,4,13-15H2,1-3H3. The number of hydrogen-bond acceptors (Lipinski definition) is 5. The number of nitrogens with zero attached hydrogens (tertiary/aromatic N) is 3. The maximum absolute atomic E-state index is 12.4. The number of rotatable bonds is 8. The molecule has 29 heavy (non-hydrogen) atoms. The molecule has 3 aromatic rings. The Kier molecular flexibility index (Phi) is 6.49. The number of amides is 1. The quantitative estimate of drug-likeness (QED) is 0.549. The largest absolute Gasteiger partial charge is 0.496 e. The van der Waals surface area contributed by atoms with E-state index < -0.39 is 5.97 Å². The number of esters is 1. The number of imidazole rings is 1. The highest BCUT2D eigenvalue weighted by molar-refractivity contribution is 5.82. The minimum absolute atomic E-state index is 0.0210. The van der Waals surface area contributed by atoms with Crippen molar-refractivity contribution in [2.75, 3.05) is 20.8 Å². The fourth-order valence-electron chi connectivity index (χ4n) is 3.18. The number of para-hydroxylation sites is 3. The summed E-state index contributed by atoms with van der Waals surface area (Å²) in [7, 11) is 3.26. The molecule has 7 nitrogen and oxygen atoms in total. The summed E-state index contributed by atoms with van der Waals surface area (Å²) < 4.78 is 12.4. The average molecular weight is 395 g/mol. The molecule has 0 unspecified atom stereocenters. The van der Waals surface area contributed by atoms with Gasteiger partial charge < -0.3 is 18.9 Å². The minimum Gasteiger partial charge on any atom is -0.496 e. The molecular weight excluding hydrogens is 370 g/mol. The number of carbonyl (C=O) groups excluding carboxylic acids is 2. The predicted octanol–water partition coefficient (Wildman–Crippen LogP) is 2.81. The fourth-order valence-corrected chi connectivity index (χ4v) is 3.18.